The van der Waals surface area contributed by atoms with E-state index < -0.39 is 34.9 Å². The zero-order chi connectivity index (χ0) is 22.1. The van der Waals surface area contributed by atoms with Gasteiger partial charge in [0, 0.05) is 17.4 Å². The third kappa shape index (κ3) is 3.97. The van der Waals surface area contributed by atoms with Crippen LogP contribution in [-0.4, -0.2) is 34.9 Å². The summed E-state index contributed by atoms with van der Waals surface area (Å²) in [5.41, 5.74) is 3.58. The fourth-order valence-electron chi connectivity index (χ4n) is 2.85. The summed E-state index contributed by atoms with van der Waals surface area (Å²) < 4.78 is 49.9. The van der Waals surface area contributed by atoms with Gasteiger partial charge in [-0.25, -0.2) is 18.2 Å². The molecule has 0 bridgehead atoms. The highest BCUT2D eigenvalue weighted by atomic mass is 19.3. The predicted molar refractivity (Wildman–Crippen MR) is 103 cm³/mol. The van der Waals surface area contributed by atoms with Crippen LogP contribution in [-0.2, 0) is 4.74 Å². The maximum absolute atomic E-state index is 15.1. The van der Waals surface area contributed by atoms with Crippen molar-refractivity contribution in [1.29, 1.82) is 5.26 Å². The number of benzene rings is 1. The molecule has 2 aromatic rings. The number of nitrogens with two attached hydrogens (primary N) is 1. The number of hydrogen-bond acceptors (Lipinski definition) is 6. The first kappa shape index (κ1) is 21.3. The van der Waals surface area contributed by atoms with E-state index in [0.717, 1.165) is 12.1 Å². The number of amides is 1. The lowest BCUT2D eigenvalue weighted by Gasteiger charge is -2.35. The number of nitrogens with one attached hydrogen (secondary N) is 1. The summed E-state index contributed by atoms with van der Waals surface area (Å²) in [5.74, 6) is -5.37. The van der Waals surface area contributed by atoms with E-state index in [2.05, 4.69) is 15.3 Å². The molecule has 0 fully saturated rings. The molecule has 1 aliphatic rings. The van der Waals surface area contributed by atoms with Crippen molar-refractivity contribution in [3.63, 3.8) is 0 Å². The molecule has 10 heteroatoms. The summed E-state index contributed by atoms with van der Waals surface area (Å²) in [6.07, 6.45) is 1.22. The molecule has 0 saturated heterocycles. The van der Waals surface area contributed by atoms with E-state index in [9.17, 15) is 9.18 Å². The molecule has 156 valence electrons. The number of rotatable bonds is 3. The molecule has 0 spiro atoms. The zero-order valence-corrected chi connectivity index (χ0v) is 16.1. The third-order valence-corrected chi connectivity index (χ3v) is 4.70. The molecular formula is C20H18F3N5O2. The summed E-state index contributed by atoms with van der Waals surface area (Å²) in [6.45, 7) is 2.03. The number of amidine groups is 1. The van der Waals surface area contributed by atoms with Gasteiger partial charge in [0.2, 0.25) is 0 Å². The van der Waals surface area contributed by atoms with E-state index in [1.165, 1.54) is 38.2 Å². The Morgan fingerprint density at radius 1 is 1.33 bits per heavy atom. The number of carbonyl (C=O) groups excluding carboxylic acids is 1. The van der Waals surface area contributed by atoms with Crippen molar-refractivity contribution in [3.05, 3.63) is 59.2 Å². The smallest absolute Gasteiger partial charge is 0.301 e. The molecule has 1 aliphatic heterocycles. The number of ether oxygens (including phenoxy) is 1. The quantitative estimate of drug-likeness (QED) is 0.796. The zero-order valence-electron chi connectivity index (χ0n) is 16.1. The van der Waals surface area contributed by atoms with Crippen LogP contribution in [0.3, 0.4) is 0 Å². The number of halogens is 3. The van der Waals surface area contributed by atoms with Gasteiger partial charge >= 0.3 is 5.92 Å². The van der Waals surface area contributed by atoms with Crippen LogP contribution >= 0.6 is 0 Å². The normalized spacial score (nSPS) is 19.9. The van der Waals surface area contributed by atoms with E-state index >= 15 is 8.78 Å². The Hall–Kier alpha value is -3.45. The van der Waals surface area contributed by atoms with Crippen molar-refractivity contribution in [1.82, 2.24) is 4.98 Å². The van der Waals surface area contributed by atoms with Crippen LogP contribution < -0.4 is 11.1 Å². The number of aliphatic imine (C=N–C) groups is 1. The molecule has 0 radical (unpaired) electrons. The third-order valence-electron chi connectivity index (χ3n) is 4.70. The molecule has 30 heavy (non-hydrogen) atoms. The minimum atomic E-state index is -3.59. The second kappa shape index (κ2) is 7.76. The minimum Gasteiger partial charge on any atom is -0.386 e. The van der Waals surface area contributed by atoms with E-state index in [-0.39, 0.29) is 29.4 Å². The van der Waals surface area contributed by atoms with E-state index in [4.69, 9.17) is 15.7 Å². The van der Waals surface area contributed by atoms with Crippen molar-refractivity contribution in [3.8, 4) is 6.07 Å². The van der Waals surface area contributed by atoms with Crippen molar-refractivity contribution in [2.75, 3.05) is 11.9 Å². The Kier molecular flexibility index (Phi) is 5.50. The van der Waals surface area contributed by atoms with Crippen molar-refractivity contribution in [2.45, 2.75) is 31.4 Å². The first-order valence-electron chi connectivity index (χ1n) is 8.86. The molecule has 1 amide bonds. The highest BCUT2D eigenvalue weighted by molar-refractivity contribution is 6.02. The van der Waals surface area contributed by atoms with Crippen LogP contribution in [0, 0.1) is 17.1 Å². The van der Waals surface area contributed by atoms with Gasteiger partial charge in [-0.2, -0.15) is 5.26 Å². The van der Waals surface area contributed by atoms with E-state index in [0.29, 0.717) is 0 Å². The van der Waals surface area contributed by atoms with Crippen LogP contribution in [0.25, 0.3) is 0 Å². The van der Waals surface area contributed by atoms with Gasteiger partial charge in [0.1, 0.15) is 41.7 Å². The summed E-state index contributed by atoms with van der Waals surface area (Å²) >= 11 is 0. The molecule has 0 aliphatic carbocycles. The van der Waals surface area contributed by atoms with Gasteiger partial charge < -0.3 is 15.8 Å². The Morgan fingerprint density at radius 3 is 2.70 bits per heavy atom. The lowest BCUT2D eigenvalue weighted by Crippen LogP contribution is -2.48. The Labute approximate surface area is 170 Å². The Balaban J connectivity index is 1.95. The Bertz CT molecular complexity index is 1050. The fraction of sp³-hybridized carbons (Fsp3) is 0.300. The number of anilines is 1. The number of nitriles is 1. The average Bonchev–Trinajstić information content (AvgIpc) is 2.79. The maximum Gasteiger partial charge on any atom is 0.301 e. The molecule has 1 aromatic heterocycles. The average molecular weight is 417 g/mol. The monoisotopic (exact) mass is 417 g/mol. The van der Waals surface area contributed by atoms with Gasteiger partial charge in [0.25, 0.3) is 5.91 Å². The maximum atomic E-state index is 15.1. The summed E-state index contributed by atoms with van der Waals surface area (Å²) in [5, 5.41) is 11.3. The Morgan fingerprint density at radius 2 is 2.07 bits per heavy atom. The highest BCUT2D eigenvalue weighted by Gasteiger charge is 2.56. The summed E-state index contributed by atoms with van der Waals surface area (Å²) in [4.78, 5) is 20.0. The van der Waals surface area contributed by atoms with Crippen LogP contribution in [0.5, 0.6) is 0 Å². The first-order chi connectivity index (χ1) is 14.0. The van der Waals surface area contributed by atoms with E-state index in [1.807, 2.05) is 6.07 Å². The number of nitrogens with zero attached hydrogens (tertiary/aromatic N) is 3. The summed E-state index contributed by atoms with van der Waals surface area (Å²) in [6, 6.07) is 5.93. The van der Waals surface area contributed by atoms with E-state index in [1.54, 1.807) is 0 Å². The molecule has 1 atom stereocenters. The van der Waals surface area contributed by atoms with Crippen molar-refractivity contribution < 1.29 is 22.7 Å². The second-order valence-corrected chi connectivity index (χ2v) is 7.18. The molecular weight excluding hydrogens is 399 g/mol. The number of hydrogen-bond donors (Lipinski definition) is 2. The molecule has 1 unspecified atom stereocenters. The van der Waals surface area contributed by atoms with Gasteiger partial charge in [-0.3, -0.25) is 9.79 Å². The topological polar surface area (TPSA) is 113 Å². The van der Waals surface area contributed by atoms with Crippen LogP contribution in [0.1, 0.15) is 41.5 Å². The van der Waals surface area contributed by atoms with Crippen molar-refractivity contribution in [2.24, 2.45) is 10.7 Å². The van der Waals surface area contributed by atoms with Crippen molar-refractivity contribution >= 4 is 17.4 Å². The molecule has 3 rings (SSSR count). The molecule has 2 heterocycles. The number of alkyl halides is 2. The van der Waals surface area contributed by atoms with Gasteiger partial charge in [-0.15, -0.1) is 0 Å². The molecule has 0 saturated carbocycles. The molecule has 1 aromatic carbocycles. The van der Waals surface area contributed by atoms with Gasteiger partial charge in [-0.1, -0.05) is 0 Å². The van der Waals surface area contributed by atoms with Gasteiger partial charge in [0.05, 0.1) is 5.56 Å². The van der Waals surface area contributed by atoms with Crippen LogP contribution in [0.15, 0.2) is 41.5 Å². The molecule has 3 N–H and O–H groups in total. The fourth-order valence-corrected chi connectivity index (χ4v) is 2.85. The van der Waals surface area contributed by atoms with Crippen LogP contribution in [0.4, 0.5) is 18.9 Å². The number of aromatic nitrogens is 1. The summed E-state index contributed by atoms with van der Waals surface area (Å²) in [7, 11) is 0. The van der Waals surface area contributed by atoms with Gasteiger partial charge in [0.15, 0.2) is 0 Å². The molecule has 7 nitrogen and oxygen atoms in total. The first-order valence-corrected chi connectivity index (χ1v) is 8.86. The predicted octanol–water partition coefficient (Wildman–Crippen LogP) is 3.19. The lowest BCUT2D eigenvalue weighted by molar-refractivity contribution is -0.191. The second-order valence-electron chi connectivity index (χ2n) is 7.18. The minimum absolute atomic E-state index is 0.00327. The standard InChI is InChI=1S/C20H18F3N5O2/c1-19(2)20(22,23)17(28-16(25)10-30-19)13-7-12(4-5-14(13)21)27-18(29)15-6-3-11(8-24)9-26-15/h3-7,9,17H,10H2,1-2H3,(H2,25,28)(H,27,29). The SMILES string of the molecule is CC1(C)OCC(N)=NC(c2cc(NC(=O)c3ccc(C#N)cn3)ccc2F)C1(F)F. The highest BCUT2D eigenvalue weighted by Crippen LogP contribution is 2.46. The largest absolute Gasteiger partial charge is 0.386 e. The number of pyridine rings is 1. The van der Waals surface area contributed by atoms with Gasteiger partial charge in [-0.05, 0) is 44.2 Å². The lowest BCUT2D eigenvalue weighted by atomic mass is 9.89. The van der Waals surface area contributed by atoms with Crippen LogP contribution in [0.2, 0.25) is 0 Å². The number of carbonyl (C=O) groups is 1.